The lowest BCUT2D eigenvalue weighted by Crippen LogP contribution is -2.39. The smallest absolute Gasteiger partial charge is 0.261 e. The van der Waals surface area contributed by atoms with Crippen molar-refractivity contribution < 1.29 is 14.7 Å². The van der Waals surface area contributed by atoms with E-state index in [2.05, 4.69) is 0 Å². The monoisotopic (exact) mass is 259 g/mol. The molecule has 1 saturated carbocycles. The van der Waals surface area contributed by atoms with Gasteiger partial charge in [0.1, 0.15) is 0 Å². The summed E-state index contributed by atoms with van der Waals surface area (Å²) >= 11 is 0. The number of amides is 2. The Labute approximate surface area is 112 Å². The van der Waals surface area contributed by atoms with Gasteiger partial charge in [-0.3, -0.25) is 14.5 Å². The van der Waals surface area contributed by atoms with Crippen LogP contribution in [-0.2, 0) is 0 Å². The van der Waals surface area contributed by atoms with Gasteiger partial charge in [-0.05, 0) is 25.0 Å². The molecule has 4 heteroatoms. The summed E-state index contributed by atoms with van der Waals surface area (Å²) in [5.41, 5.74) is 0.968. The molecule has 0 bridgehead atoms. The number of hydrogen-bond donors (Lipinski definition) is 1. The van der Waals surface area contributed by atoms with Crippen LogP contribution < -0.4 is 0 Å². The predicted molar refractivity (Wildman–Crippen MR) is 69.8 cm³/mol. The largest absolute Gasteiger partial charge is 0.393 e. The molecule has 1 fully saturated rings. The highest BCUT2D eigenvalue weighted by atomic mass is 16.3. The number of aliphatic hydroxyl groups excluding tert-OH is 1. The molecule has 1 aromatic carbocycles. The van der Waals surface area contributed by atoms with Gasteiger partial charge in [-0.15, -0.1) is 0 Å². The second-order valence-electron chi connectivity index (χ2n) is 5.38. The van der Waals surface area contributed by atoms with Gasteiger partial charge in [0, 0.05) is 12.5 Å². The first-order valence-corrected chi connectivity index (χ1v) is 6.82. The van der Waals surface area contributed by atoms with Crippen LogP contribution in [0.2, 0.25) is 0 Å². The highest BCUT2D eigenvalue weighted by molar-refractivity contribution is 6.21. The maximum absolute atomic E-state index is 12.2. The van der Waals surface area contributed by atoms with Crippen LogP contribution in [0.3, 0.4) is 0 Å². The van der Waals surface area contributed by atoms with Gasteiger partial charge in [0.2, 0.25) is 0 Å². The van der Waals surface area contributed by atoms with Crippen molar-refractivity contribution in [2.24, 2.45) is 5.92 Å². The molecule has 1 aliphatic carbocycles. The Hall–Kier alpha value is -1.68. The van der Waals surface area contributed by atoms with E-state index in [-0.39, 0.29) is 17.7 Å². The van der Waals surface area contributed by atoms with Gasteiger partial charge in [0.25, 0.3) is 11.8 Å². The second-order valence-corrected chi connectivity index (χ2v) is 5.38. The number of benzene rings is 1. The molecule has 2 amide bonds. The van der Waals surface area contributed by atoms with Gasteiger partial charge < -0.3 is 5.11 Å². The summed E-state index contributed by atoms with van der Waals surface area (Å²) < 4.78 is 0. The average molecular weight is 259 g/mol. The second kappa shape index (κ2) is 4.78. The van der Waals surface area contributed by atoms with Crippen LogP contribution >= 0.6 is 0 Å². The van der Waals surface area contributed by atoms with E-state index in [9.17, 15) is 14.7 Å². The highest BCUT2D eigenvalue weighted by Gasteiger charge is 2.37. The summed E-state index contributed by atoms with van der Waals surface area (Å²) in [5, 5.41) is 9.97. The van der Waals surface area contributed by atoms with Crippen molar-refractivity contribution in [3.8, 4) is 0 Å². The molecule has 1 heterocycles. The third-order valence-electron chi connectivity index (χ3n) is 4.16. The zero-order valence-corrected chi connectivity index (χ0v) is 10.7. The first kappa shape index (κ1) is 12.4. The molecule has 0 radical (unpaired) electrons. The number of carbonyl (C=O) groups excluding carboxylic acids is 2. The number of carbonyl (C=O) groups is 2. The first-order valence-electron chi connectivity index (χ1n) is 6.82. The minimum absolute atomic E-state index is 0.0240. The standard InChI is InChI=1S/C15H17NO3/c17-13-8-4-1-5-10(13)9-16-14(18)11-6-2-3-7-12(11)15(16)19/h2-3,6-7,10,13,17H,1,4-5,8-9H2/t10-,13+/m0/s1. The van der Waals surface area contributed by atoms with Crippen LogP contribution in [0.5, 0.6) is 0 Å². The molecule has 0 unspecified atom stereocenters. The SMILES string of the molecule is O=C1c2ccccc2C(=O)N1C[C@@H]1CCCC[C@H]1O. The van der Waals surface area contributed by atoms with Crippen LogP contribution in [0.25, 0.3) is 0 Å². The Balaban J connectivity index is 1.80. The molecular weight excluding hydrogens is 242 g/mol. The average Bonchev–Trinajstić information content (AvgIpc) is 2.67. The van der Waals surface area contributed by atoms with Gasteiger partial charge >= 0.3 is 0 Å². The van der Waals surface area contributed by atoms with E-state index < -0.39 is 6.10 Å². The lowest BCUT2D eigenvalue weighted by Gasteiger charge is -2.30. The van der Waals surface area contributed by atoms with Crippen LogP contribution in [0.4, 0.5) is 0 Å². The summed E-state index contributed by atoms with van der Waals surface area (Å²) in [6, 6.07) is 6.91. The third kappa shape index (κ3) is 2.06. The lowest BCUT2D eigenvalue weighted by molar-refractivity contribution is 0.0388. The summed E-state index contributed by atoms with van der Waals surface area (Å²) in [4.78, 5) is 25.7. The number of nitrogens with zero attached hydrogens (tertiary/aromatic N) is 1. The van der Waals surface area contributed by atoms with E-state index in [0.29, 0.717) is 17.7 Å². The van der Waals surface area contributed by atoms with Gasteiger partial charge in [-0.25, -0.2) is 0 Å². The van der Waals surface area contributed by atoms with Crippen LogP contribution in [0.1, 0.15) is 46.4 Å². The van der Waals surface area contributed by atoms with Crippen molar-refractivity contribution in [1.29, 1.82) is 0 Å². The molecule has 3 rings (SSSR count). The molecule has 4 nitrogen and oxygen atoms in total. The van der Waals surface area contributed by atoms with Crippen LogP contribution in [-0.4, -0.2) is 34.5 Å². The normalized spacial score (nSPS) is 26.7. The fourth-order valence-corrected chi connectivity index (χ4v) is 3.04. The number of imide groups is 1. The molecule has 0 spiro atoms. The maximum Gasteiger partial charge on any atom is 0.261 e. The Morgan fingerprint density at radius 1 is 1.05 bits per heavy atom. The van der Waals surface area contributed by atoms with E-state index in [0.717, 1.165) is 25.7 Å². The van der Waals surface area contributed by atoms with Crippen molar-refractivity contribution in [1.82, 2.24) is 4.90 Å². The molecule has 1 aliphatic heterocycles. The topological polar surface area (TPSA) is 57.6 Å². The first-order chi connectivity index (χ1) is 9.18. The summed E-state index contributed by atoms with van der Waals surface area (Å²) in [7, 11) is 0. The molecule has 1 N–H and O–H groups in total. The number of fused-ring (bicyclic) bond motifs is 1. The van der Waals surface area contributed by atoms with Gasteiger partial charge in [0.15, 0.2) is 0 Å². The minimum atomic E-state index is -0.391. The fraction of sp³-hybridized carbons (Fsp3) is 0.467. The Bertz CT molecular complexity index is 491. The zero-order valence-electron chi connectivity index (χ0n) is 10.7. The molecular formula is C15H17NO3. The lowest BCUT2D eigenvalue weighted by atomic mass is 9.86. The molecule has 0 aromatic heterocycles. The fourth-order valence-electron chi connectivity index (χ4n) is 3.04. The van der Waals surface area contributed by atoms with E-state index in [1.807, 2.05) is 0 Å². The Kier molecular flexibility index (Phi) is 3.11. The summed E-state index contributed by atoms with van der Waals surface area (Å²) in [6.07, 6.45) is 3.35. The molecule has 1 aromatic rings. The van der Waals surface area contributed by atoms with Crippen molar-refractivity contribution in [3.63, 3.8) is 0 Å². The van der Waals surface area contributed by atoms with Gasteiger partial charge in [-0.2, -0.15) is 0 Å². The van der Waals surface area contributed by atoms with E-state index >= 15 is 0 Å². The van der Waals surface area contributed by atoms with Crippen molar-refractivity contribution >= 4 is 11.8 Å². The van der Waals surface area contributed by atoms with Crippen molar-refractivity contribution in [2.45, 2.75) is 31.8 Å². The molecule has 19 heavy (non-hydrogen) atoms. The van der Waals surface area contributed by atoms with Crippen molar-refractivity contribution in [2.75, 3.05) is 6.54 Å². The Morgan fingerprint density at radius 2 is 1.63 bits per heavy atom. The van der Waals surface area contributed by atoms with Crippen molar-refractivity contribution in [3.05, 3.63) is 35.4 Å². The van der Waals surface area contributed by atoms with Gasteiger partial charge in [-0.1, -0.05) is 25.0 Å². The Morgan fingerprint density at radius 3 is 2.21 bits per heavy atom. The van der Waals surface area contributed by atoms with Gasteiger partial charge in [0.05, 0.1) is 17.2 Å². The minimum Gasteiger partial charge on any atom is -0.393 e. The van der Waals surface area contributed by atoms with Crippen LogP contribution in [0.15, 0.2) is 24.3 Å². The molecule has 0 saturated heterocycles. The molecule has 100 valence electrons. The molecule has 2 aliphatic rings. The highest BCUT2D eigenvalue weighted by Crippen LogP contribution is 2.29. The van der Waals surface area contributed by atoms with E-state index in [1.165, 1.54) is 4.90 Å². The predicted octanol–water partition coefficient (Wildman–Crippen LogP) is 1.83. The van der Waals surface area contributed by atoms with E-state index in [4.69, 9.17) is 0 Å². The van der Waals surface area contributed by atoms with Crippen LogP contribution in [0, 0.1) is 5.92 Å². The summed E-state index contributed by atoms with van der Waals surface area (Å²) in [6.45, 7) is 0.341. The third-order valence-corrected chi connectivity index (χ3v) is 4.16. The zero-order chi connectivity index (χ0) is 13.4. The van der Waals surface area contributed by atoms with E-state index in [1.54, 1.807) is 24.3 Å². The summed E-state index contributed by atoms with van der Waals surface area (Å²) in [5.74, 6) is -0.423. The number of rotatable bonds is 2. The number of aliphatic hydroxyl groups is 1. The number of hydrogen-bond acceptors (Lipinski definition) is 3. The molecule has 2 atom stereocenters. The quantitative estimate of drug-likeness (QED) is 0.824. The maximum atomic E-state index is 12.2.